The van der Waals surface area contributed by atoms with Gasteiger partial charge in [-0.1, -0.05) is 18.2 Å². The number of amides is 1. The van der Waals surface area contributed by atoms with Crippen LogP contribution in [-0.4, -0.2) is 32.9 Å². The summed E-state index contributed by atoms with van der Waals surface area (Å²) in [4.78, 5) is 36.1. The molecule has 1 N–H and O–H groups in total. The van der Waals surface area contributed by atoms with Crippen LogP contribution in [-0.2, 0) is 4.74 Å². The SMILES string of the molecule is C#CCCN(C(=O)OC(C)(C)C)c1nc2cccnc2c(=O)n1Nc1ccccc1. The Morgan fingerprint density at radius 3 is 2.63 bits per heavy atom. The number of anilines is 2. The number of carbonyl (C=O) groups is 1. The first-order chi connectivity index (χ1) is 14.3. The molecule has 0 bridgehead atoms. The van der Waals surface area contributed by atoms with Crippen LogP contribution in [0.25, 0.3) is 11.0 Å². The number of pyridine rings is 1. The van der Waals surface area contributed by atoms with Gasteiger partial charge in [-0.25, -0.2) is 19.7 Å². The average molecular weight is 405 g/mol. The highest BCUT2D eigenvalue weighted by Gasteiger charge is 2.27. The highest BCUT2D eigenvalue weighted by atomic mass is 16.6. The van der Waals surface area contributed by atoms with Gasteiger partial charge in [0, 0.05) is 19.2 Å². The normalized spacial score (nSPS) is 11.0. The third-order valence-electron chi connectivity index (χ3n) is 3.96. The largest absolute Gasteiger partial charge is 0.443 e. The van der Waals surface area contributed by atoms with Gasteiger partial charge < -0.3 is 4.74 Å². The maximum absolute atomic E-state index is 13.2. The van der Waals surface area contributed by atoms with Crippen LogP contribution in [0.5, 0.6) is 0 Å². The molecule has 154 valence electrons. The van der Waals surface area contributed by atoms with E-state index in [4.69, 9.17) is 11.2 Å². The second kappa shape index (κ2) is 8.66. The van der Waals surface area contributed by atoms with Crippen molar-refractivity contribution in [1.29, 1.82) is 0 Å². The Morgan fingerprint density at radius 2 is 1.97 bits per heavy atom. The summed E-state index contributed by atoms with van der Waals surface area (Å²) in [5.41, 5.74) is 2.99. The molecule has 0 aliphatic carbocycles. The predicted octanol–water partition coefficient (Wildman–Crippen LogP) is 3.43. The zero-order valence-electron chi connectivity index (χ0n) is 17.1. The van der Waals surface area contributed by atoms with Crippen molar-refractivity contribution in [2.45, 2.75) is 32.8 Å². The fraction of sp³-hybridized carbons (Fsp3) is 0.273. The van der Waals surface area contributed by atoms with Gasteiger partial charge in [-0.3, -0.25) is 10.2 Å². The third-order valence-corrected chi connectivity index (χ3v) is 3.96. The molecule has 3 rings (SSSR count). The summed E-state index contributed by atoms with van der Waals surface area (Å²) in [6.07, 6.45) is 6.54. The maximum Gasteiger partial charge on any atom is 0.417 e. The molecule has 2 aromatic heterocycles. The molecule has 0 unspecified atom stereocenters. The minimum Gasteiger partial charge on any atom is -0.443 e. The fourth-order valence-corrected chi connectivity index (χ4v) is 2.70. The van der Waals surface area contributed by atoms with Crippen molar-refractivity contribution in [3.05, 3.63) is 59.0 Å². The lowest BCUT2D eigenvalue weighted by atomic mass is 10.2. The van der Waals surface area contributed by atoms with Crippen LogP contribution in [0.3, 0.4) is 0 Å². The van der Waals surface area contributed by atoms with Gasteiger partial charge in [-0.15, -0.1) is 12.3 Å². The third kappa shape index (κ3) is 4.75. The van der Waals surface area contributed by atoms with Crippen molar-refractivity contribution < 1.29 is 9.53 Å². The van der Waals surface area contributed by atoms with E-state index in [-0.39, 0.29) is 24.4 Å². The Bertz CT molecular complexity index is 1140. The van der Waals surface area contributed by atoms with Gasteiger partial charge in [0.2, 0.25) is 5.95 Å². The summed E-state index contributed by atoms with van der Waals surface area (Å²) in [5.74, 6) is 2.57. The zero-order chi connectivity index (χ0) is 21.7. The van der Waals surface area contributed by atoms with Gasteiger partial charge >= 0.3 is 6.09 Å². The number of nitrogens with zero attached hydrogens (tertiary/aromatic N) is 4. The average Bonchev–Trinajstić information content (AvgIpc) is 2.70. The minimum atomic E-state index is -0.734. The molecular formula is C22H23N5O3. The van der Waals surface area contributed by atoms with Crippen LogP contribution >= 0.6 is 0 Å². The first-order valence-electron chi connectivity index (χ1n) is 9.44. The number of terminal acetylenes is 1. The lowest BCUT2D eigenvalue weighted by Gasteiger charge is -2.28. The standard InChI is InChI=1S/C22H23N5O3/c1-5-6-15-26(21(29)30-22(2,3)4)20-24-17-13-10-14-23-18(17)19(28)27(20)25-16-11-8-7-9-12-16/h1,7-14,25H,6,15H2,2-4H3. The first kappa shape index (κ1) is 20.9. The second-order valence-corrected chi connectivity index (χ2v) is 7.49. The van der Waals surface area contributed by atoms with Gasteiger partial charge in [-0.2, -0.15) is 4.68 Å². The lowest BCUT2D eigenvalue weighted by Crippen LogP contribution is -2.42. The fourth-order valence-electron chi connectivity index (χ4n) is 2.70. The Balaban J connectivity index is 2.19. The molecule has 0 aliphatic rings. The molecule has 0 radical (unpaired) electrons. The number of nitrogens with one attached hydrogen (secondary N) is 1. The number of rotatable bonds is 5. The number of hydrogen-bond acceptors (Lipinski definition) is 6. The first-order valence-corrected chi connectivity index (χ1v) is 9.44. The molecule has 0 saturated carbocycles. The van der Waals surface area contributed by atoms with Crippen LogP contribution in [0.1, 0.15) is 27.2 Å². The summed E-state index contributed by atoms with van der Waals surface area (Å²) in [7, 11) is 0. The molecule has 30 heavy (non-hydrogen) atoms. The van der Waals surface area contributed by atoms with E-state index in [9.17, 15) is 9.59 Å². The Labute approximate surface area is 174 Å². The van der Waals surface area contributed by atoms with E-state index in [2.05, 4.69) is 21.3 Å². The monoisotopic (exact) mass is 405 g/mol. The molecule has 8 nitrogen and oxygen atoms in total. The zero-order valence-corrected chi connectivity index (χ0v) is 17.1. The Morgan fingerprint density at radius 1 is 1.23 bits per heavy atom. The number of aromatic nitrogens is 3. The van der Waals surface area contributed by atoms with E-state index in [1.807, 2.05) is 18.2 Å². The van der Waals surface area contributed by atoms with Crippen LogP contribution in [0, 0.1) is 12.3 Å². The molecule has 0 atom stereocenters. The van der Waals surface area contributed by atoms with Crippen molar-refractivity contribution in [1.82, 2.24) is 14.6 Å². The lowest BCUT2D eigenvalue weighted by molar-refractivity contribution is 0.0578. The highest BCUT2D eigenvalue weighted by Crippen LogP contribution is 2.19. The summed E-state index contributed by atoms with van der Waals surface area (Å²) in [5, 5.41) is 0. The molecule has 0 fully saturated rings. The van der Waals surface area contributed by atoms with E-state index in [1.54, 1.807) is 45.0 Å². The molecule has 0 saturated heterocycles. The minimum absolute atomic E-state index is 0.0638. The van der Waals surface area contributed by atoms with Crippen LogP contribution < -0.4 is 15.9 Å². The van der Waals surface area contributed by atoms with Gasteiger partial charge in [0.05, 0.1) is 11.2 Å². The molecule has 2 heterocycles. The number of fused-ring (bicyclic) bond motifs is 1. The van der Waals surface area contributed by atoms with Gasteiger partial charge in [0.1, 0.15) is 5.60 Å². The smallest absolute Gasteiger partial charge is 0.417 e. The number of para-hydroxylation sites is 1. The number of carbonyl (C=O) groups excluding carboxylic acids is 1. The quantitative estimate of drug-likeness (QED) is 0.654. The number of hydrogen-bond donors (Lipinski definition) is 1. The highest BCUT2D eigenvalue weighted by molar-refractivity contribution is 5.87. The van der Waals surface area contributed by atoms with Crippen LogP contribution in [0.4, 0.5) is 16.4 Å². The Hall–Kier alpha value is -3.86. The van der Waals surface area contributed by atoms with Crippen LogP contribution in [0.15, 0.2) is 53.5 Å². The van der Waals surface area contributed by atoms with Crippen molar-refractivity contribution in [2.24, 2.45) is 0 Å². The van der Waals surface area contributed by atoms with Crippen molar-refractivity contribution >= 4 is 28.8 Å². The molecular weight excluding hydrogens is 382 g/mol. The summed E-state index contributed by atoms with van der Waals surface area (Å²) >= 11 is 0. The predicted molar refractivity (Wildman–Crippen MR) is 116 cm³/mol. The van der Waals surface area contributed by atoms with Crippen molar-refractivity contribution in [3.8, 4) is 12.3 Å². The van der Waals surface area contributed by atoms with E-state index in [0.717, 1.165) is 0 Å². The van der Waals surface area contributed by atoms with Gasteiger partial charge in [-0.05, 0) is 45.0 Å². The molecule has 0 spiro atoms. The molecule has 1 aromatic carbocycles. The van der Waals surface area contributed by atoms with E-state index in [0.29, 0.717) is 11.2 Å². The Kier molecular flexibility index (Phi) is 6.02. The van der Waals surface area contributed by atoms with E-state index < -0.39 is 17.3 Å². The molecule has 8 heteroatoms. The summed E-state index contributed by atoms with van der Waals surface area (Å²) in [6, 6.07) is 12.4. The van der Waals surface area contributed by atoms with E-state index in [1.165, 1.54) is 15.8 Å². The molecule has 3 aromatic rings. The second-order valence-electron chi connectivity index (χ2n) is 7.49. The van der Waals surface area contributed by atoms with Gasteiger partial charge in [0.15, 0.2) is 5.52 Å². The van der Waals surface area contributed by atoms with Crippen molar-refractivity contribution in [2.75, 3.05) is 16.9 Å². The molecule has 1 amide bonds. The maximum atomic E-state index is 13.2. The van der Waals surface area contributed by atoms with Crippen LogP contribution in [0.2, 0.25) is 0 Å². The van der Waals surface area contributed by atoms with Gasteiger partial charge in [0.25, 0.3) is 5.56 Å². The number of ether oxygens (including phenoxy) is 1. The molecule has 0 aliphatic heterocycles. The topological polar surface area (TPSA) is 89.4 Å². The van der Waals surface area contributed by atoms with E-state index >= 15 is 0 Å². The summed E-state index contributed by atoms with van der Waals surface area (Å²) in [6.45, 7) is 5.41. The van der Waals surface area contributed by atoms with Crippen molar-refractivity contribution in [3.63, 3.8) is 0 Å². The number of benzene rings is 1. The summed E-state index contributed by atoms with van der Waals surface area (Å²) < 4.78 is 6.71.